The van der Waals surface area contributed by atoms with Crippen molar-refractivity contribution in [2.24, 2.45) is 5.41 Å². The van der Waals surface area contributed by atoms with Gasteiger partial charge in [-0.15, -0.1) is 6.42 Å². The minimum absolute atomic E-state index is 0.0126. The average molecular weight is 734 g/mol. The van der Waals surface area contributed by atoms with Gasteiger partial charge in [-0.2, -0.15) is 9.97 Å². The number of nitrogens with zero attached hydrogens (tertiary/aromatic N) is 5. The van der Waals surface area contributed by atoms with E-state index < -0.39 is 17.6 Å². The standard InChI is InChI=1S/C40H43F4N5O4/c1-3-27-29(41)9-8-24-21-26(50)22-28(31(24)27)34-33(42)35-32(37(45-34)51-2)36(48-16-6-19-52-20-18-48)47-38(46-35)53-23-39-12-4-7-30(39)49(17-5-13-39)25-10-14-40(43,44)15-11-25/h1,8-9,21-22,25,30,50H,4-7,10-20,23H2,2H3. The van der Waals surface area contributed by atoms with Gasteiger partial charge < -0.3 is 24.2 Å². The first-order valence-electron chi connectivity index (χ1n) is 18.6. The van der Waals surface area contributed by atoms with E-state index in [1.54, 1.807) is 0 Å². The number of fused-ring (bicyclic) bond motifs is 3. The average Bonchev–Trinajstić information content (AvgIpc) is 3.40. The number of likely N-dealkylation sites (tertiary alicyclic amines) is 1. The van der Waals surface area contributed by atoms with Crippen molar-refractivity contribution < 1.29 is 36.9 Å². The molecule has 2 saturated carbocycles. The van der Waals surface area contributed by atoms with Gasteiger partial charge in [-0.05, 0) is 75.1 Å². The van der Waals surface area contributed by atoms with Crippen LogP contribution in [0.5, 0.6) is 17.6 Å². The highest BCUT2D eigenvalue weighted by atomic mass is 19.3. The van der Waals surface area contributed by atoms with Crippen LogP contribution in [0.4, 0.5) is 23.4 Å². The molecule has 0 radical (unpaired) electrons. The zero-order valence-corrected chi connectivity index (χ0v) is 29.8. The fourth-order valence-corrected chi connectivity index (χ4v) is 9.37. The van der Waals surface area contributed by atoms with Crippen molar-refractivity contribution in [2.45, 2.75) is 82.2 Å². The van der Waals surface area contributed by atoms with Crippen molar-refractivity contribution in [1.29, 1.82) is 0 Å². The van der Waals surface area contributed by atoms with E-state index in [2.05, 4.69) is 20.8 Å². The van der Waals surface area contributed by atoms with Crippen molar-refractivity contribution in [3.63, 3.8) is 0 Å². The summed E-state index contributed by atoms with van der Waals surface area (Å²) >= 11 is 0. The van der Waals surface area contributed by atoms with Crippen molar-refractivity contribution in [1.82, 2.24) is 19.9 Å². The summed E-state index contributed by atoms with van der Waals surface area (Å²) < 4.78 is 78.4. The minimum Gasteiger partial charge on any atom is -0.508 e. The molecule has 4 fully saturated rings. The maximum Gasteiger partial charge on any atom is 0.319 e. The molecule has 4 aliphatic rings. The van der Waals surface area contributed by atoms with Crippen LogP contribution >= 0.6 is 0 Å². The number of terminal acetylenes is 1. The summed E-state index contributed by atoms with van der Waals surface area (Å²) in [7, 11) is 1.41. The van der Waals surface area contributed by atoms with E-state index in [4.69, 9.17) is 25.6 Å². The van der Waals surface area contributed by atoms with Crippen LogP contribution in [0.1, 0.15) is 69.8 Å². The first-order valence-corrected chi connectivity index (χ1v) is 18.6. The van der Waals surface area contributed by atoms with E-state index in [1.165, 1.54) is 31.4 Å². The maximum absolute atomic E-state index is 17.2. The number of rotatable bonds is 7. The monoisotopic (exact) mass is 733 g/mol. The summed E-state index contributed by atoms with van der Waals surface area (Å²) in [5.41, 5.74) is -0.582. The number of pyridine rings is 1. The molecule has 53 heavy (non-hydrogen) atoms. The highest BCUT2D eigenvalue weighted by Gasteiger charge is 2.51. The van der Waals surface area contributed by atoms with Gasteiger partial charge >= 0.3 is 6.01 Å². The summed E-state index contributed by atoms with van der Waals surface area (Å²) in [5.74, 6) is -1.49. The third-order valence-corrected chi connectivity index (χ3v) is 11.9. The fourth-order valence-electron chi connectivity index (χ4n) is 9.37. The van der Waals surface area contributed by atoms with Crippen LogP contribution in [0.25, 0.3) is 32.9 Å². The molecule has 9 nitrogen and oxygen atoms in total. The number of phenols is 1. The quantitative estimate of drug-likeness (QED) is 0.152. The Balaban J connectivity index is 1.23. The minimum atomic E-state index is -2.59. The molecule has 13 heteroatoms. The third kappa shape index (κ3) is 6.48. The molecular weight excluding hydrogens is 690 g/mol. The van der Waals surface area contributed by atoms with E-state index in [-0.39, 0.29) is 81.1 Å². The molecule has 0 amide bonds. The Labute approximate surface area is 305 Å². The molecule has 2 aromatic heterocycles. The number of hydrogen-bond donors (Lipinski definition) is 1. The highest BCUT2D eigenvalue weighted by Crippen LogP contribution is 2.50. The molecular formula is C40H43F4N5O4. The van der Waals surface area contributed by atoms with Crippen LogP contribution < -0.4 is 14.4 Å². The topological polar surface area (TPSA) is 93.1 Å². The fraction of sp³-hybridized carbons (Fsp3) is 0.525. The van der Waals surface area contributed by atoms with Gasteiger partial charge in [0.25, 0.3) is 0 Å². The van der Waals surface area contributed by atoms with Crippen LogP contribution in [0.3, 0.4) is 0 Å². The molecule has 4 heterocycles. The number of aromatic nitrogens is 3. The van der Waals surface area contributed by atoms with Crippen molar-refractivity contribution in [2.75, 3.05) is 51.5 Å². The van der Waals surface area contributed by atoms with Crippen LogP contribution in [0, 0.1) is 29.4 Å². The number of halogens is 4. The number of phenolic OH excluding ortho intramolecular Hbond substituents is 1. The Morgan fingerprint density at radius 3 is 2.57 bits per heavy atom. The number of aromatic hydroxyl groups is 1. The van der Waals surface area contributed by atoms with Crippen LogP contribution in [0.2, 0.25) is 0 Å². The summed E-state index contributed by atoms with van der Waals surface area (Å²) in [6, 6.07) is 5.68. The molecule has 2 unspecified atom stereocenters. The molecule has 0 spiro atoms. The molecule has 1 N–H and O–H groups in total. The van der Waals surface area contributed by atoms with Gasteiger partial charge in [-0.1, -0.05) is 18.4 Å². The smallest absolute Gasteiger partial charge is 0.319 e. The number of benzene rings is 2. The number of methoxy groups -OCH3 is 1. The maximum atomic E-state index is 17.2. The second-order valence-electron chi connectivity index (χ2n) is 14.9. The van der Waals surface area contributed by atoms with Crippen LogP contribution in [-0.2, 0) is 4.74 Å². The molecule has 2 saturated heterocycles. The third-order valence-electron chi connectivity index (χ3n) is 11.9. The predicted molar refractivity (Wildman–Crippen MR) is 193 cm³/mol. The lowest BCUT2D eigenvalue weighted by Gasteiger charge is -2.50. The molecule has 2 aromatic carbocycles. The first-order chi connectivity index (χ1) is 25.6. The van der Waals surface area contributed by atoms with Gasteiger partial charge in [0, 0.05) is 61.0 Å². The zero-order chi connectivity index (χ0) is 36.9. The summed E-state index contributed by atoms with van der Waals surface area (Å²) in [5, 5.41) is 11.5. The number of ether oxygens (including phenoxy) is 3. The Morgan fingerprint density at radius 2 is 1.77 bits per heavy atom. The lowest BCUT2D eigenvalue weighted by molar-refractivity contribution is -0.0801. The summed E-state index contributed by atoms with van der Waals surface area (Å²) in [6.45, 7) is 3.22. The predicted octanol–water partition coefficient (Wildman–Crippen LogP) is 7.64. The number of hydrogen-bond acceptors (Lipinski definition) is 9. The second kappa shape index (κ2) is 14.1. The SMILES string of the molecule is C#Cc1c(F)ccc2cc(O)cc(-c3nc(OC)c4c(N5CCCOCC5)nc(OCC56CCCC5N(C5CCC(F)(F)CC5)CCC6)nc4c3F)c12. The van der Waals surface area contributed by atoms with Gasteiger partial charge in [0.15, 0.2) is 5.82 Å². The number of anilines is 1. The van der Waals surface area contributed by atoms with Gasteiger partial charge in [0.05, 0.1) is 25.9 Å². The van der Waals surface area contributed by atoms with Gasteiger partial charge in [-0.25, -0.2) is 22.5 Å². The van der Waals surface area contributed by atoms with Gasteiger partial charge in [0.1, 0.15) is 34.0 Å². The number of alkyl halides is 2. The van der Waals surface area contributed by atoms with Crippen molar-refractivity contribution in [3.05, 3.63) is 41.5 Å². The largest absolute Gasteiger partial charge is 0.508 e. The molecule has 280 valence electrons. The van der Waals surface area contributed by atoms with E-state index >= 15 is 8.78 Å². The van der Waals surface area contributed by atoms with E-state index in [9.17, 15) is 13.9 Å². The normalized spacial score (nSPS) is 23.8. The molecule has 2 aliphatic heterocycles. The summed E-state index contributed by atoms with van der Waals surface area (Å²) in [4.78, 5) is 18.6. The first kappa shape index (κ1) is 35.6. The second-order valence-corrected chi connectivity index (χ2v) is 14.9. The summed E-state index contributed by atoms with van der Waals surface area (Å²) in [6.07, 6.45) is 12.0. The Kier molecular flexibility index (Phi) is 9.47. The van der Waals surface area contributed by atoms with E-state index in [0.29, 0.717) is 63.4 Å². The Hall–Kier alpha value is -4.41. The van der Waals surface area contributed by atoms with Crippen molar-refractivity contribution >= 4 is 27.5 Å². The highest BCUT2D eigenvalue weighted by molar-refractivity contribution is 6.04. The lowest BCUT2D eigenvalue weighted by atomic mass is 9.74. The zero-order valence-electron chi connectivity index (χ0n) is 29.8. The van der Waals surface area contributed by atoms with Crippen molar-refractivity contribution in [3.8, 4) is 41.2 Å². The van der Waals surface area contributed by atoms with E-state index in [0.717, 1.165) is 38.6 Å². The molecule has 2 aliphatic carbocycles. The lowest BCUT2D eigenvalue weighted by Crippen LogP contribution is -2.56. The van der Waals surface area contributed by atoms with Crippen LogP contribution in [0.15, 0.2) is 24.3 Å². The van der Waals surface area contributed by atoms with Gasteiger partial charge in [-0.3, -0.25) is 4.90 Å². The Morgan fingerprint density at radius 1 is 0.962 bits per heavy atom. The van der Waals surface area contributed by atoms with E-state index in [1.807, 2.05) is 4.90 Å². The molecule has 2 atom stereocenters. The number of piperidine rings is 1. The molecule has 8 rings (SSSR count). The molecule has 4 aromatic rings. The van der Waals surface area contributed by atoms with Crippen LogP contribution in [-0.4, -0.2) is 89.5 Å². The van der Waals surface area contributed by atoms with Gasteiger partial charge in [0.2, 0.25) is 11.8 Å². The Bertz CT molecular complexity index is 2070. The molecule has 0 bridgehead atoms.